The highest BCUT2D eigenvalue weighted by atomic mass is 79.9. The molecule has 82 valence electrons. The third-order valence-electron chi connectivity index (χ3n) is 3.22. The van der Waals surface area contributed by atoms with Crippen molar-refractivity contribution in [3.63, 3.8) is 0 Å². The Balaban J connectivity index is 2.17. The Labute approximate surface area is 98.9 Å². The average Bonchev–Trinajstić information content (AvgIpc) is 2.15. The van der Waals surface area contributed by atoms with Crippen molar-refractivity contribution in [2.24, 2.45) is 11.7 Å². The molecule has 1 aromatic rings. The first-order valence-electron chi connectivity index (χ1n) is 5.31. The molecular formula is C12H16BrNO. The summed E-state index contributed by atoms with van der Waals surface area (Å²) in [5.74, 6) is 1.53. The molecule has 2 rings (SSSR count). The van der Waals surface area contributed by atoms with Crippen molar-refractivity contribution in [3.8, 4) is 5.75 Å². The number of methoxy groups -OCH3 is 1. The average molecular weight is 270 g/mol. The van der Waals surface area contributed by atoms with E-state index in [-0.39, 0.29) is 6.04 Å². The van der Waals surface area contributed by atoms with Crippen molar-refractivity contribution in [3.05, 3.63) is 28.2 Å². The second-order valence-electron chi connectivity index (χ2n) is 4.11. The van der Waals surface area contributed by atoms with Crippen LogP contribution in [-0.2, 0) is 0 Å². The first-order chi connectivity index (χ1) is 7.22. The highest BCUT2D eigenvalue weighted by Gasteiger charge is 2.25. The molecule has 0 unspecified atom stereocenters. The van der Waals surface area contributed by atoms with Crippen LogP contribution in [0, 0.1) is 5.92 Å². The van der Waals surface area contributed by atoms with Gasteiger partial charge in [-0.2, -0.15) is 0 Å². The molecule has 2 N–H and O–H groups in total. The van der Waals surface area contributed by atoms with Gasteiger partial charge in [0.1, 0.15) is 5.75 Å². The molecule has 1 aromatic carbocycles. The number of hydrogen-bond acceptors (Lipinski definition) is 2. The molecule has 2 nitrogen and oxygen atoms in total. The molecule has 0 saturated heterocycles. The lowest BCUT2D eigenvalue weighted by Gasteiger charge is -2.31. The van der Waals surface area contributed by atoms with Gasteiger partial charge >= 0.3 is 0 Å². The van der Waals surface area contributed by atoms with Crippen LogP contribution >= 0.6 is 15.9 Å². The van der Waals surface area contributed by atoms with E-state index in [1.165, 1.54) is 24.8 Å². The van der Waals surface area contributed by atoms with Gasteiger partial charge in [-0.3, -0.25) is 0 Å². The molecule has 0 heterocycles. The number of ether oxygens (including phenoxy) is 1. The molecule has 1 fully saturated rings. The topological polar surface area (TPSA) is 35.2 Å². The Morgan fingerprint density at radius 1 is 1.47 bits per heavy atom. The van der Waals surface area contributed by atoms with E-state index < -0.39 is 0 Å². The van der Waals surface area contributed by atoms with Crippen LogP contribution < -0.4 is 10.5 Å². The van der Waals surface area contributed by atoms with Gasteiger partial charge in [-0.1, -0.05) is 12.5 Å². The summed E-state index contributed by atoms with van der Waals surface area (Å²) in [5, 5.41) is 0. The second-order valence-corrected chi connectivity index (χ2v) is 4.97. The third-order valence-corrected chi connectivity index (χ3v) is 3.84. The van der Waals surface area contributed by atoms with Crippen molar-refractivity contribution >= 4 is 15.9 Å². The fourth-order valence-electron chi connectivity index (χ4n) is 1.96. The molecule has 0 aromatic heterocycles. The highest BCUT2D eigenvalue weighted by molar-refractivity contribution is 9.10. The number of nitrogens with two attached hydrogens (primary N) is 1. The summed E-state index contributed by atoms with van der Waals surface area (Å²) in [6.45, 7) is 0. The van der Waals surface area contributed by atoms with Gasteiger partial charge in [0.15, 0.2) is 0 Å². The van der Waals surface area contributed by atoms with Crippen molar-refractivity contribution in [1.82, 2.24) is 0 Å². The molecule has 0 aliphatic heterocycles. The van der Waals surface area contributed by atoms with Crippen LogP contribution in [0.2, 0.25) is 0 Å². The van der Waals surface area contributed by atoms with E-state index in [1.807, 2.05) is 6.07 Å². The maximum atomic E-state index is 6.20. The molecule has 0 radical (unpaired) electrons. The number of halogens is 1. The molecule has 3 heteroatoms. The van der Waals surface area contributed by atoms with Crippen LogP contribution in [0.1, 0.15) is 30.9 Å². The van der Waals surface area contributed by atoms with E-state index >= 15 is 0 Å². The van der Waals surface area contributed by atoms with Crippen LogP contribution in [0.5, 0.6) is 5.75 Å². The van der Waals surface area contributed by atoms with Gasteiger partial charge in [-0.05, 0) is 52.4 Å². The van der Waals surface area contributed by atoms with E-state index in [2.05, 4.69) is 28.1 Å². The zero-order chi connectivity index (χ0) is 10.8. The SMILES string of the molecule is COc1ccc([C@@H](N)C2CCC2)cc1Br. The summed E-state index contributed by atoms with van der Waals surface area (Å²) >= 11 is 3.48. The summed E-state index contributed by atoms with van der Waals surface area (Å²) in [5.41, 5.74) is 7.40. The Bertz CT molecular complexity index is 349. The maximum Gasteiger partial charge on any atom is 0.133 e. The largest absolute Gasteiger partial charge is 0.496 e. The van der Waals surface area contributed by atoms with Crippen molar-refractivity contribution < 1.29 is 4.74 Å². The zero-order valence-corrected chi connectivity index (χ0v) is 10.5. The second kappa shape index (κ2) is 4.54. The molecule has 1 atom stereocenters. The van der Waals surface area contributed by atoms with Crippen molar-refractivity contribution in [2.75, 3.05) is 7.11 Å². The van der Waals surface area contributed by atoms with E-state index in [9.17, 15) is 0 Å². The first-order valence-corrected chi connectivity index (χ1v) is 6.10. The summed E-state index contributed by atoms with van der Waals surface area (Å²) in [6, 6.07) is 6.28. The molecule has 1 aliphatic rings. The van der Waals surface area contributed by atoms with Crippen LogP contribution in [0.3, 0.4) is 0 Å². The Morgan fingerprint density at radius 3 is 2.67 bits per heavy atom. The van der Waals surface area contributed by atoms with E-state index in [0.29, 0.717) is 5.92 Å². The fraction of sp³-hybridized carbons (Fsp3) is 0.500. The molecular weight excluding hydrogens is 254 g/mol. The summed E-state index contributed by atoms with van der Waals surface area (Å²) in [6.07, 6.45) is 3.87. The molecule has 0 amide bonds. The molecule has 15 heavy (non-hydrogen) atoms. The van der Waals surface area contributed by atoms with Gasteiger partial charge in [0.25, 0.3) is 0 Å². The van der Waals surface area contributed by atoms with Gasteiger partial charge in [0.05, 0.1) is 11.6 Å². The lowest BCUT2D eigenvalue weighted by atomic mass is 9.77. The Kier molecular flexibility index (Phi) is 3.32. The molecule has 1 saturated carbocycles. The van der Waals surface area contributed by atoms with Crippen LogP contribution in [0.4, 0.5) is 0 Å². The summed E-state index contributed by atoms with van der Waals surface area (Å²) in [7, 11) is 1.67. The van der Waals surface area contributed by atoms with Gasteiger partial charge in [-0.25, -0.2) is 0 Å². The van der Waals surface area contributed by atoms with E-state index in [4.69, 9.17) is 10.5 Å². The third kappa shape index (κ3) is 2.18. The normalized spacial score (nSPS) is 18.3. The minimum absolute atomic E-state index is 0.181. The van der Waals surface area contributed by atoms with Crippen LogP contribution in [-0.4, -0.2) is 7.11 Å². The predicted octanol–water partition coefficient (Wildman–Crippen LogP) is 3.26. The smallest absolute Gasteiger partial charge is 0.133 e. The lowest BCUT2D eigenvalue weighted by Crippen LogP contribution is -2.26. The quantitative estimate of drug-likeness (QED) is 0.915. The van der Waals surface area contributed by atoms with Gasteiger partial charge in [0, 0.05) is 6.04 Å². The number of rotatable bonds is 3. The Morgan fingerprint density at radius 2 is 2.20 bits per heavy atom. The molecule has 0 bridgehead atoms. The van der Waals surface area contributed by atoms with Crippen LogP contribution in [0.15, 0.2) is 22.7 Å². The van der Waals surface area contributed by atoms with Gasteiger partial charge < -0.3 is 10.5 Å². The minimum atomic E-state index is 0.181. The number of hydrogen-bond donors (Lipinski definition) is 1. The summed E-state index contributed by atoms with van der Waals surface area (Å²) < 4.78 is 6.18. The Hall–Kier alpha value is -0.540. The standard InChI is InChI=1S/C12H16BrNO/c1-15-11-6-5-9(7-10(11)13)12(14)8-3-2-4-8/h5-8,12H,2-4,14H2,1H3/t12-/m0/s1. The predicted molar refractivity (Wildman–Crippen MR) is 65.0 cm³/mol. The minimum Gasteiger partial charge on any atom is -0.496 e. The fourth-order valence-corrected chi connectivity index (χ4v) is 2.52. The first kappa shape index (κ1) is 11.0. The lowest BCUT2D eigenvalue weighted by molar-refractivity contribution is 0.264. The molecule has 0 spiro atoms. The van der Waals surface area contributed by atoms with Gasteiger partial charge in [0.2, 0.25) is 0 Å². The van der Waals surface area contributed by atoms with Crippen LogP contribution in [0.25, 0.3) is 0 Å². The highest BCUT2D eigenvalue weighted by Crippen LogP contribution is 2.37. The zero-order valence-electron chi connectivity index (χ0n) is 8.87. The maximum absolute atomic E-state index is 6.20. The number of benzene rings is 1. The van der Waals surface area contributed by atoms with Gasteiger partial charge in [-0.15, -0.1) is 0 Å². The monoisotopic (exact) mass is 269 g/mol. The summed E-state index contributed by atoms with van der Waals surface area (Å²) in [4.78, 5) is 0. The van der Waals surface area contributed by atoms with Crippen molar-refractivity contribution in [2.45, 2.75) is 25.3 Å². The molecule has 1 aliphatic carbocycles. The van der Waals surface area contributed by atoms with E-state index in [1.54, 1.807) is 7.11 Å². The van der Waals surface area contributed by atoms with E-state index in [0.717, 1.165) is 10.2 Å². The van der Waals surface area contributed by atoms with Crippen molar-refractivity contribution in [1.29, 1.82) is 0 Å².